The van der Waals surface area contributed by atoms with Gasteiger partial charge in [-0.05, 0) is 20.8 Å². The van der Waals surface area contributed by atoms with Crippen LogP contribution in [0.15, 0.2) is 0 Å². The molecule has 0 aromatic heterocycles. The van der Waals surface area contributed by atoms with Gasteiger partial charge < -0.3 is 14.9 Å². The number of carbonyl (C=O) groups is 1. The van der Waals surface area contributed by atoms with Crippen LogP contribution in [0.25, 0.3) is 0 Å². The zero-order chi connectivity index (χ0) is 12.9. The third-order valence-corrected chi connectivity index (χ3v) is 2.54. The van der Waals surface area contributed by atoms with Gasteiger partial charge in [0, 0.05) is 18.4 Å². The molecule has 0 aliphatic rings. The van der Waals surface area contributed by atoms with Crippen molar-refractivity contribution in [2.75, 3.05) is 13.2 Å². The van der Waals surface area contributed by atoms with E-state index in [-0.39, 0.29) is 31.0 Å². The van der Waals surface area contributed by atoms with E-state index in [1.165, 1.54) is 0 Å². The number of aliphatic hydroxyl groups excluding tert-OH is 2. The number of hydrogen-bond acceptors (Lipinski definition) is 4. The SMILES string of the molecule is C[C@H](CO)[C@@H](O)[C@H](C)COC(=O)C(C)(C)C. The van der Waals surface area contributed by atoms with Crippen LogP contribution in [0.2, 0.25) is 0 Å². The van der Waals surface area contributed by atoms with Crippen molar-refractivity contribution >= 4 is 5.97 Å². The van der Waals surface area contributed by atoms with E-state index in [9.17, 15) is 9.90 Å². The third kappa shape index (κ3) is 4.94. The molecule has 3 atom stereocenters. The number of ether oxygens (including phenoxy) is 1. The van der Waals surface area contributed by atoms with Gasteiger partial charge in [0.2, 0.25) is 0 Å². The largest absolute Gasteiger partial charge is 0.465 e. The summed E-state index contributed by atoms with van der Waals surface area (Å²) in [6.07, 6.45) is -0.655. The molecule has 96 valence electrons. The van der Waals surface area contributed by atoms with Gasteiger partial charge in [-0.15, -0.1) is 0 Å². The third-order valence-electron chi connectivity index (χ3n) is 2.54. The van der Waals surface area contributed by atoms with Crippen LogP contribution in [-0.2, 0) is 9.53 Å². The van der Waals surface area contributed by atoms with E-state index in [1.54, 1.807) is 34.6 Å². The van der Waals surface area contributed by atoms with Crippen LogP contribution in [0.3, 0.4) is 0 Å². The first-order valence-electron chi connectivity index (χ1n) is 5.66. The zero-order valence-electron chi connectivity index (χ0n) is 10.9. The van der Waals surface area contributed by atoms with Gasteiger partial charge in [-0.2, -0.15) is 0 Å². The Bertz CT molecular complexity index is 220. The van der Waals surface area contributed by atoms with Crippen LogP contribution in [0.4, 0.5) is 0 Å². The fraction of sp³-hybridized carbons (Fsp3) is 0.917. The fourth-order valence-electron chi connectivity index (χ4n) is 1.19. The molecule has 0 heterocycles. The van der Waals surface area contributed by atoms with Crippen molar-refractivity contribution in [3.05, 3.63) is 0 Å². The Balaban J connectivity index is 4.08. The second kappa shape index (κ2) is 6.21. The maximum atomic E-state index is 11.5. The Hall–Kier alpha value is -0.610. The number of rotatable bonds is 5. The molecule has 0 spiro atoms. The highest BCUT2D eigenvalue weighted by Crippen LogP contribution is 2.18. The molecule has 0 aliphatic carbocycles. The molecule has 0 rings (SSSR count). The smallest absolute Gasteiger partial charge is 0.311 e. The Labute approximate surface area is 97.6 Å². The lowest BCUT2D eigenvalue weighted by Gasteiger charge is -2.24. The monoisotopic (exact) mass is 232 g/mol. The first-order valence-corrected chi connectivity index (χ1v) is 5.66. The molecule has 0 bridgehead atoms. The van der Waals surface area contributed by atoms with E-state index in [0.717, 1.165) is 0 Å². The van der Waals surface area contributed by atoms with Crippen LogP contribution in [-0.4, -0.2) is 35.5 Å². The van der Waals surface area contributed by atoms with Crippen LogP contribution in [0.1, 0.15) is 34.6 Å². The maximum Gasteiger partial charge on any atom is 0.311 e. The molecular formula is C12H24O4. The minimum Gasteiger partial charge on any atom is -0.465 e. The minimum atomic E-state index is -0.655. The molecule has 0 saturated heterocycles. The average Bonchev–Trinajstić information content (AvgIpc) is 2.21. The highest BCUT2D eigenvalue weighted by Gasteiger charge is 2.26. The van der Waals surface area contributed by atoms with Gasteiger partial charge in [-0.3, -0.25) is 4.79 Å². The lowest BCUT2D eigenvalue weighted by molar-refractivity contribution is -0.155. The van der Waals surface area contributed by atoms with Gasteiger partial charge >= 0.3 is 5.97 Å². The molecule has 0 aliphatic heterocycles. The lowest BCUT2D eigenvalue weighted by Crippen LogP contribution is -2.33. The Kier molecular flexibility index (Phi) is 5.97. The van der Waals surface area contributed by atoms with Crippen LogP contribution in [0.5, 0.6) is 0 Å². The van der Waals surface area contributed by atoms with Crippen molar-refractivity contribution in [2.24, 2.45) is 17.3 Å². The quantitative estimate of drug-likeness (QED) is 0.699. The van der Waals surface area contributed by atoms with E-state index >= 15 is 0 Å². The van der Waals surface area contributed by atoms with Crippen molar-refractivity contribution < 1.29 is 19.7 Å². The standard InChI is InChI=1S/C12H24O4/c1-8(6-13)10(14)9(2)7-16-11(15)12(3,4)5/h8-10,13-14H,6-7H2,1-5H3/t8-,9-,10-/m1/s1. The van der Waals surface area contributed by atoms with Gasteiger partial charge in [0.1, 0.15) is 0 Å². The molecule has 0 fully saturated rings. The summed E-state index contributed by atoms with van der Waals surface area (Å²) in [5, 5.41) is 18.6. The summed E-state index contributed by atoms with van der Waals surface area (Å²) in [5.41, 5.74) is -0.521. The van der Waals surface area contributed by atoms with Crippen molar-refractivity contribution in [1.29, 1.82) is 0 Å². The van der Waals surface area contributed by atoms with Gasteiger partial charge in [-0.25, -0.2) is 0 Å². The van der Waals surface area contributed by atoms with Crippen LogP contribution < -0.4 is 0 Å². The second-order valence-corrected chi connectivity index (χ2v) is 5.48. The zero-order valence-corrected chi connectivity index (χ0v) is 10.9. The summed E-state index contributed by atoms with van der Waals surface area (Å²) in [7, 11) is 0. The molecule has 0 amide bonds. The van der Waals surface area contributed by atoms with E-state index in [2.05, 4.69) is 0 Å². The van der Waals surface area contributed by atoms with Gasteiger partial charge in [0.05, 0.1) is 18.1 Å². The second-order valence-electron chi connectivity index (χ2n) is 5.48. The summed E-state index contributed by atoms with van der Waals surface area (Å²) in [4.78, 5) is 11.5. The topological polar surface area (TPSA) is 66.8 Å². The molecule has 4 nitrogen and oxygen atoms in total. The maximum absolute atomic E-state index is 11.5. The first kappa shape index (κ1) is 15.4. The Morgan fingerprint density at radius 2 is 1.75 bits per heavy atom. The number of hydrogen-bond donors (Lipinski definition) is 2. The number of esters is 1. The van der Waals surface area contributed by atoms with E-state index in [1.807, 2.05) is 0 Å². The van der Waals surface area contributed by atoms with Gasteiger partial charge in [-0.1, -0.05) is 13.8 Å². The molecule has 0 saturated carbocycles. The highest BCUT2D eigenvalue weighted by atomic mass is 16.5. The predicted octanol–water partition coefficient (Wildman–Crippen LogP) is 1.20. The Morgan fingerprint density at radius 3 is 2.12 bits per heavy atom. The summed E-state index contributed by atoms with van der Waals surface area (Å²) in [6.45, 7) is 9.02. The number of aliphatic hydroxyl groups is 2. The molecular weight excluding hydrogens is 208 g/mol. The lowest BCUT2D eigenvalue weighted by atomic mass is 9.94. The fourth-order valence-corrected chi connectivity index (χ4v) is 1.19. The summed E-state index contributed by atoms with van der Waals surface area (Å²) in [6, 6.07) is 0. The molecule has 0 aromatic rings. The normalized spacial score (nSPS) is 17.7. The minimum absolute atomic E-state index is 0.0707. The van der Waals surface area contributed by atoms with Gasteiger partial charge in [0.15, 0.2) is 0 Å². The summed E-state index contributed by atoms with van der Waals surface area (Å²) in [5.74, 6) is -0.653. The highest BCUT2D eigenvalue weighted by molar-refractivity contribution is 5.75. The van der Waals surface area contributed by atoms with Crippen molar-refractivity contribution in [3.63, 3.8) is 0 Å². The molecule has 2 N–H and O–H groups in total. The average molecular weight is 232 g/mol. The van der Waals surface area contributed by atoms with Crippen molar-refractivity contribution in [3.8, 4) is 0 Å². The number of carbonyl (C=O) groups excluding carboxylic acids is 1. The van der Waals surface area contributed by atoms with Crippen molar-refractivity contribution in [1.82, 2.24) is 0 Å². The first-order chi connectivity index (χ1) is 7.20. The van der Waals surface area contributed by atoms with Crippen LogP contribution in [0, 0.1) is 17.3 Å². The van der Waals surface area contributed by atoms with E-state index < -0.39 is 11.5 Å². The predicted molar refractivity (Wildman–Crippen MR) is 61.8 cm³/mol. The van der Waals surface area contributed by atoms with Gasteiger partial charge in [0.25, 0.3) is 0 Å². The summed E-state index contributed by atoms with van der Waals surface area (Å²) < 4.78 is 5.10. The van der Waals surface area contributed by atoms with E-state index in [0.29, 0.717) is 0 Å². The van der Waals surface area contributed by atoms with E-state index in [4.69, 9.17) is 9.84 Å². The molecule has 0 aromatic carbocycles. The van der Waals surface area contributed by atoms with Crippen LogP contribution >= 0.6 is 0 Å². The summed E-state index contributed by atoms with van der Waals surface area (Å²) >= 11 is 0. The molecule has 16 heavy (non-hydrogen) atoms. The Morgan fingerprint density at radius 1 is 1.25 bits per heavy atom. The molecule has 0 radical (unpaired) electrons. The molecule has 0 unspecified atom stereocenters. The van der Waals surface area contributed by atoms with Crippen molar-refractivity contribution in [2.45, 2.75) is 40.7 Å². The molecule has 4 heteroatoms.